The molecule has 0 amide bonds. The average molecular weight is 216 g/mol. The molecule has 0 aromatic heterocycles. The fraction of sp³-hybridized carbons (Fsp3) is 0.357. The Kier molecular flexibility index (Phi) is 3.40. The van der Waals surface area contributed by atoms with Gasteiger partial charge in [0.1, 0.15) is 0 Å². The van der Waals surface area contributed by atoms with Gasteiger partial charge in [-0.1, -0.05) is 30.3 Å². The highest BCUT2D eigenvalue weighted by atomic mass is 16.5. The van der Waals surface area contributed by atoms with E-state index in [0.717, 1.165) is 18.4 Å². The zero-order chi connectivity index (χ0) is 11.4. The van der Waals surface area contributed by atoms with Crippen LogP contribution in [0.3, 0.4) is 0 Å². The van der Waals surface area contributed by atoms with Gasteiger partial charge in [-0.25, -0.2) is 0 Å². The van der Waals surface area contributed by atoms with E-state index >= 15 is 0 Å². The summed E-state index contributed by atoms with van der Waals surface area (Å²) in [5, 5.41) is 0. The predicted octanol–water partition coefficient (Wildman–Crippen LogP) is 2.97. The highest BCUT2D eigenvalue weighted by Gasteiger charge is 2.14. The number of benzene rings is 1. The molecule has 0 saturated heterocycles. The molecular weight excluding hydrogens is 200 g/mol. The van der Waals surface area contributed by atoms with Gasteiger partial charge in [0.2, 0.25) is 0 Å². The topological polar surface area (TPSA) is 26.3 Å². The first kappa shape index (κ1) is 10.9. The Labute approximate surface area is 95.9 Å². The first-order valence-corrected chi connectivity index (χ1v) is 5.74. The van der Waals surface area contributed by atoms with Crippen molar-refractivity contribution in [2.75, 3.05) is 6.61 Å². The molecule has 2 rings (SSSR count). The van der Waals surface area contributed by atoms with Gasteiger partial charge in [0.15, 0.2) is 0 Å². The minimum absolute atomic E-state index is 0.134. The van der Waals surface area contributed by atoms with Crippen LogP contribution in [-0.4, -0.2) is 12.6 Å². The second-order valence-electron chi connectivity index (χ2n) is 3.91. The SMILES string of the molecule is CCOC(=O)CC1=CCCc2ccccc21. The van der Waals surface area contributed by atoms with Gasteiger partial charge in [0, 0.05) is 0 Å². The maximum atomic E-state index is 11.5. The summed E-state index contributed by atoms with van der Waals surface area (Å²) in [5.74, 6) is -0.134. The Hall–Kier alpha value is -1.57. The normalized spacial score (nSPS) is 13.9. The summed E-state index contributed by atoms with van der Waals surface area (Å²) in [4.78, 5) is 11.5. The predicted molar refractivity (Wildman–Crippen MR) is 64.0 cm³/mol. The van der Waals surface area contributed by atoms with Crippen LogP contribution < -0.4 is 0 Å². The molecule has 0 spiro atoms. The molecule has 1 aliphatic carbocycles. The molecule has 0 saturated carbocycles. The van der Waals surface area contributed by atoms with Gasteiger partial charge in [0.05, 0.1) is 13.0 Å². The van der Waals surface area contributed by atoms with Crippen LogP contribution in [0.1, 0.15) is 30.9 Å². The maximum Gasteiger partial charge on any atom is 0.310 e. The molecule has 0 radical (unpaired) electrons. The molecule has 2 heteroatoms. The van der Waals surface area contributed by atoms with Crippen molar-refractivity contribution >= 4 is 11.5 Å². The van der Waals surface area contributed by atoms with Crippen molar-refractivity contribution in [3.8, 4) is 0 Å². The van der Waals surface area contributed by atoms with E-state index in [-0.39, 0.29) is 5.97 Å². The summed E-state index contributed by atoms with van der Waals surface area (Å²) >= 11 is 0. The molecule has 1 aliphatic rings. The van der Waals surface area contributed by atoms with Crippen molar-refractivity contribution in [2.24, 2.45) is 0 Å². The third-order valence-corrected chi connectivity index (χ3v) is 2.81. The van der Waals surface area contributed by atoms with E-state index in [2.05, 4.69) is 18.2 Å². The van der Waals surface area contributed by atoms with Gasteiger partial charge >= 0.3 is 5.97 Å². The monoisotopic (exact) mass is 216 g/mol. The second kappa shape index (κ2) is 4.97. The first-order chi connectivity index (χ1) is 7.81. The zero-order valence-corrected chi connectivity index (χ0v) is 9.53. The van der Waals surface area contributed by atoms with E-state index < -0.39 is 0 Å². The molecule has 0 heterocycles. The minimum atomic E-state index is -0.134. The van der Waals surface area contributed by atoms with Gasteiger partial charge in [-0.2, -0.15) is 0 Å². The van der Waals surface area contributed by atoms with Crippen molar-refractivity contribution in [1.29, 1.82) is 0 Å². The van der Waals surface area contributed by atoms with E-state index in [9.17, 15) is 4.79 Å². The molecule has 1 aromatic carbocycles. The van der Waals surface area contributed by atoms with E-state index in [0.29, 0.717) is 13.0 Å². The van der Waals surface area contributed by atoms with Crippen molar-refractivity contribution in [3.63, 3.8) is 0 Å². The van der Waals surface area contributed by atoms with Crippen molar-refractivity contribution in [1.82, 2.24) is 0 Å². The molecule has 0 N–H and O–H groups in total. The van der Waals surface area contributed by atoms with Gasteiger partial charge in [0.25, 0.3) is 0 Å². The van der Waals surface area contributed by atoms with Crippen molar-refractivity contribution in [2.45, 2.75) is 26.2 Å². The van der Waals surface area contributed by atoms with Gasteiger partial charge in [-0.05, 0) is 36.5 Å². The van der Waals surface area contributed by atoms with E-state index in [1.165, 1.54) is 11.1 Å². The summed E-state index contributed by atoms with van der Waals surface area (Å²) in [7, 11) is 0. The summed E-state index contributed by atoms with van der Waals surface area (Å²) < 4.78 is 4.98. The van der Waals surface area contributed by atoms with Crippen LogP contribution in [-0.2, 0) is 16.0 Å². The summed E-state index contributed by atoms with van der Waals surface area (Å²) in [5.41, 5.74) is 3.66. The Bertz CT molecular complexity index is 418. The number of fused-ring (bicyclic) bond motifs is 1. The molecule has 0 atom stereocenters. The Balaban J connectivity index is 2.16. The van der Waals surface area contributed by atoms with Crippen LogP contribution in [0, 0.1) is 0 Å². The Morgan fingerprint density at radius 1 is 1.38 bits per heavy atom. The van der Waals surface area contributed by atoms with Crippen LogP contribution in [0.4, 0.5) is 0 Å². The summed E-state index contributed by atoms with van der Waals surface area (Å²) in [6.07, 6.45) is 4.64. The highest BCUT2D eigenvalue weighted by molar-refractivity contribution is 5.86. The molecule has 16 heavy (non-hydrogen) atoms. The number of carbonyl (C=O) groups is 1. The van der Waals surface area contributed by atoms with Crippen LogP contribution in [0.5, 0.6) is 0 Å². The van der Waals surface area contributed by atoms with Gasteiger partial charge in [-0.3, -0.25) is 4.79 Å². The number of esters is 1. The molecule has 0 fully saturated rings. The van der Waals surface area contributed by atoms with Crippen molar-refractivity contribution in [3.05, 3.63) is 41.5 Å². The maximum absolute atomic E-state index is 11.5. The molecule has 84 valence electrons. The summed E-state index contributed by atoms with van der Waals surface area (Å²) in [6, 6.07) is 8.28. The van der Waals surface area contributed by atoms with Crippen molar-refractivity contribution < 1.29 is 9.53 Å². The molecule has 0 aliphatic heterocycles. The Morgan fingerprint density at radius 2 is 2.19 bits per heavy atom. The number of rotatable bonds is 3. The third-order valence-electron chi connectivity index (χ3n) is 2.81. The first-order valence-electron chi connectivity index (χ1n) is 5.74. The molecule has 2 nitrogen and oxygen atoms in total. The minimum Gasteiger partial charge on any atom is -0.466 e. The van der Waals surface area contributed by atoms with Crippen LogP contribution >= 0.6 is 0 Å². The largest absolute Gasteiger partial charge is 0.466 e. The fourth-order valence-corrected chi connectivity index (χ4v) is 2.10. The quantitative estimate of drug-likeness (QED) is 0.726. The number of aryl methyl sites for hydroxylation is 1. The zero-order valence-electron chi connectivity index (χ0n) is 9.53. The number of allylic oxidation sites excluding steroid dienone is 1. The van der Waals surface area contributed by atoms with Gasteiger partial charge in [-0.15, -0.1) is 0 Å². The third kappa shape index (κ3) is 2.32. The van der Waals surface area contributed by atoms with E-state index in [1.807, 2.05) is 19.1 Å². The lowest BCUT2D eigenvalue weighted by atomic mass is 9.89. The van der Waals surface area contributed by atoms with Crippen LogP contribution in [0.2, 0.25) is 0 Å². The van der Waals surface area contributed by atoms with Crippen LogP contribution in [0.25, 0.3) is 5.57 Å². The lowest BCUT2D eigenvalue weighted by Gasteiger charge is -2.16. The lowest BCUT2D eigenvalue weighted by Crippen LogP contribution is -2.07. The summed E-state index contributed by atoms with van der Waals surface area (Å²) in [6.45, 7) is 2.29. The molecular formula is C14H16O2. The number of hydrogen-bond donors (Lipinski definition) is 0. The van der Waals surface area contributed by atoms with Crippen LogP contribution in [0.15, 0.2) is 30.3 Å². The van der Waals surface area contributed by atoms with E-state index in [1.54, 1.807) is 0 Å². The Morgan fingerprint density at radius 3 is 3.00 bits per heavy atom. The average Bonchev–Trinajstić information content (AvgIpc) is 2.30. The highest BCUT2D eigenvalue weighted by Crippen LogP contribution is 2.28. The lowest BCUT2D eigenvalue weighted by molar-refractivity contribution is -0.141. The molecule has 1 aromatic rings. The second-order valence-corrected chi connectivity index (χ2v) is 3.91. The molecule has 0 bridgehead atoms. The van der Waals surface area contributed by atoms with E-state index in [4.69, 9.17) is 4.74 Å². The van der Waals surface area contributed by atoms with Gasteiger partial charge < -0.3 is 4.74 Å². The number of ether oxygens (including phenoxy) is 1. The smallest absolute Gasteiger partial charge is 0.310 e. The standard InChI is InChI=1S/C14H16O2/c1-2-16-14(15)10-12-8-5-7-11-6-3-4-9-13(11)12/h3-4,6,8-9H,2,5,7,10H2,1H3. The number of hydrogen-bond acceptors (Lipinski definition) is 2. The number of carbonyl (C=O) groups excluding carboxylic acids is 1. The molecule has 0 unspecified atom stereocenters. The fourth-order valence-electron chi connectivity index (χ4n) is 2.10.